The molecule has 3 aromatic rings. The Balaban J connectivity index is 1.48. The van der Waals surface area contributed by atoms with Gasteiger partial charge in [0.1, 0.15) is 5.82 Å². The molecule has 0 N–H and O–H groups in total. The van der Waals surface area contributed by atoms with E-state index in [2.05, 4.69) is 56.6 Å². The zero-order valence-corrected chi connectivity index (χ0v) is 14.0. The first-order chi connectivity index (χ1) is 11.3. The monoisotopic (exact) mass is 321 g/mol. The third-order valence-electron chi connectivity index (χ3n) is 4.29. The zero-order valence-electron chi connectivity index (χ0n) is 13.2. The fraction of sp³-hybridized carbons (Fsp3) is 0.263. The second-order valence-corrected chi connectivity index (χ2v) is 7.01. The lowest BCUT2D eigenvalue weighted by Crippen LogP contribution is -2.30. The maximum Gasteiger partial charge on any atom is 0.125 e. The van der Waals surface area contributed by atoms with Gasteiger partial charge in [-0.3, -0.25) is 4.90 Å². The van der Waals surface area contributed by atoms with E-state index in [9.17, 15) is 0 Å². The van der Waals surface area contributed by atoms with Crippen LogP contribution in [0.5, 0.6) is 0 Å². The van der Waals surface area contributed by atoms with Crippen molar-refractivity contribution in [3.05, 3.63) is 69.9 Å². The molecule has 0 amide bonds. The smallest absolute Gasteiger partial charge is 0.125 e. The molecular formula is C19H19N3S. The fourth-order valence-corrected chi connectivity index (χ4v) is 3.99. The Morgan fingerprint density at radius 1 is 1.17 bits per heavy atom. The average Bonchev–Trinajstić information content (AvgIpc) is 3.04. The van der Waals surface area contributed by atoms with E-state index in [0.29, 0.717) is 0 Å². The summed E-state index contributed by atoms with van der Waals surface area (Å²) in [6, 6.07) is 12.9. The molecule has 3 heterocycles. The molecule has 116 valence electrons. The molecule has 4 rings (SSSR count). The quantitative estimate of drug-likeness (QED) is 0.728. The molecule has 0 unspecified atom stereocenters. The number of aryl methyl sites for hydroxylation is 1. The van der Waals surface area contributed by atoms with Crippen molar-refractivity contribution in [2.75, 3.05) is 6.54 Å². The number of benzene rings is 1. The van der Waals surface area contributed by atoms with Gasteiger partial charge in [0.2, 0.25) is 0 Å². The van der Waals surface area contributed by atoms with Crippen LogP contribution in [-0.2, 0) is 19.5 Å². The molecule has 1 aliphatic rings. The van der Waals surface area contributed by atoms with Crippen LogP contribution in [0.2, 0.25) is 0 Å². The molecule has 0 bridgehead atoms. The van der Waals surface area contributed by atoms with Crippen molar-refractivity contribution in [2.24, 2.45) is 0 Å². The Morgan fingerprint density at radius 3 is 2.91 bits per heavy atom. The number of nitrogens with zero attached hydrogens (tertiary/aromatic N) is 3. The Hall–Kier alpha value is -2.04. The predicted molar refractivity (Wildman–Crippen MR) is 94.3 cm³/mol. The number of aromatic nitrogens is 2. The van der Waals surface area contributed by atoms with Crippen LogP contribution in [0.4, 0.5) is 0 Å². The van der Waals surface area contributed by atoms with Gasteiger partial charge in [-0.25, -0.2) is 9.97 Å². The molecule has 0 aliphatic carbocycles. The van der Waals surface area contributed by atoms with Gasteiger partial charge in [-0.1, -0.05) is 30.3 Å². The Bertz CT molecular complexity index is 810. The summed E-state index contributed by atoms with van der Waals surface area (Å²) in [5.74, 6) is 0.869. The van der Waals surface area contributed by atoms with E-state index in [1.54, 1.807) is 0 Å². The van der Waals surface area contributed by atoms with Gasteiger partial charge in [0.25, 0.3) is 0 Å². The highest BCUT2D eigenvalue weighted by Crippen LogP contribution is 2.27. The van der Waals surface area contributed by atoms with Gasteiger partial charge in [-0.05, 0) is 41.5 Å². The van der Waals surface area contributed by atoms with Crippen LogP contribution >= 0.6 is 11.3 Å². The van der Waals surface area contributed by atoms with Gasteiger partial charge in [-0.15, -0.1) is 11.3 Å². The highest BCUT2D eigenvalue weighted by atomic mass is 32.1. The summed E-state index contributed by atoms with van der Waals surface area (Å²) < 4.78 is 0. The summed E-state index contributed by atoms with van der Waals surface area (Å²) in [6.45, 7) is 4.97. The van der Waals surface area contributed by atoms with Crippen molar-refractivity contribution in [3.63, 3.8) is 0 Å². The first-order valence-electron chi connectivity index (χ1n) is 7.94. The van der Waals surface area contributed by atoms with Crippen molar-refractivity contribution >= 4 is 11.3 Å². The Morgan fingerprint density at radius 2 is 2.04 bits per heavy atom. The largest absolute Gasteiger partial charge is 0.292 e. The van der Waals surface area contributed by atoms with Crippen molar-refractivity contribution < 1.29 is 0 Å². The van der Waals surface area contributed by atoms with Crippen LogP contribution in [0.1, 0.15) is 22.0 Å². The summed E-state index contributed by atoms with van der Waals surface area (Å²) in [5, 5.41) is 2.26. The maximum atomic E-state index is 4.61. The van der Waals surface area contributed by atoms with Crippen LogP contribution in [0.3, 0.4) is 0 Å². The topological polar surface area (TPSA) is 29.0 Å². The summed E-state index contributed by atoms with van der Waals surface area (Å²) >= 11 is 1.85. The number of hydrogen-bond acceptors (Lipinski definition) is 4. The van der Waals surface area contributed by atoms with E-state index < -0.39 is 0 Å². The van der Waals surface area contributed by atoms with Gasteiger partial charge in [0.05, 0.1) is 5.69 Å². The van der Waals surface area contributed by atoms with E-state index in [-0.39, 0.29) is 0 Å². The molecule has 1 aliphatic heterocycles. The van der Waals surface area contributed by atoms with Crippen LogP contribution in [-0.4, -0.2) is 21.4 Å². The zero-order chi connectivity index (χ0) is 15.6. The Kier molecular flexibility index (Phi) is 3.93. The van der Waals surface area contributed by atoms with Crippen LogP contribution in [0.25, 0.3) is 11.1 Å². The minimum Gasteiger partial charge on any atom is -0.292 e. The molecule has 0 fully saturated rings. The first kappa shape index (κ1) is 14.5. The molecule has 0 spiro atoms. The van der Waals surface area contributed by atoms with E-state index in [1.807, 2.05) is 24.5 Å². The fourth-order valence-electron chi connectivity index (χ4n) is 3.06. The molecule has 23 heavy (non-hydrogen) atoms. The van der Waals surface area contributed by atoms with E-state index in [4.69, 9.17) is 0 Å². The summed E-state index contributed by atoms with van der Waals surface area (Å²) in [7, 11) is 0. The molecule has 2 aromatic heterocycles. The van der Waals surface area contributed by atoms with E-state index in [0.717, 1.165) is 31.9 Å². The first-order valence-corrected chi connectivity index (χ1v) is 8.82. The summed E-state index contributed by atoms with van der Waals surface area (Å²) in [6.07, 6.45) is 3.04. The molecular weight excluding hydrogens is 302 g/mol. The second-order valence-electron chi connectivity index (χ2n) is 6.02. The van der Waals surface area contributed by atoms with Gasteiger partial charge in [-0.2, -0.15) is 0 Å². The summed E-state index contributed by atoms with van der Waals surface area (Å²) in [4.78, 5) is 12.8. The Labute approximate surface area is 140 Å². The van der Waals surface area contributed by atoms with Gasteiger partial charge >= 0.3 is 0 Å². The number of rotatable bonds is 3. The van der Waals surface area contributed by atoms with E-state index in [1.165, 1.54) is 27.3 Å². The van der Waals surface area contributed by atoms with Crippen LogP contribution in [0.15, 0.2) is 48.0 Å². The predicted octanol–water partition coefficient (Wildman–Crippen LogP) is 4.07. The van der Waals surface area contributed by atoms with Crippen molar-refractivity contribution in [1.29, 1.82) is 0 Å². The maximum absolute atomic E-state index is 4.61. The third-order valence-corrected chi connectivity index (χ3v) is 5.21. The van der Waals surface area contributed by atoms with E-state index >= 15 is 0 Å². The van der Waals surface area contributed by atoms with Gasteiger partial charge in [0, 0.05) is 30.7 Å². The van der Waals surface area contributed by atoms with Crippen LogP contribution < -0.4 is 0 Å². The normalized spacial score (nSPS) is 14.7. The number of hydrogen-bond donors (Lipinski definition) is 0. The van der Waals surface area contributed by atoms with Crippen LogP contribution in [0, 0.1) is 6.92 Å². The minimum absolute atomic E-state index is 0.869. The molecule has 0 saturated heterocycles. The summed E-state index contributed by atoms with van der Waals surface area (Å²) in [5.41, 5.74) is 5.12. The second kappa shape index (κ2) is 6.22. The lowest BCUT2D eigenvalue weighted by atomic mass is 10.1. The molecule has 0 radical (unpaired) electrons. The highest BCUT2D eigenvalue weighted by Gasteiger charge is 2.18. The van der Waals surface area contributed by atoms with Gasteiger partial charge in [0.15, 0.2) is 0 Å². The lowest BCUT2D eigenvalue weighted by molar-refractivity contribution is 0.243. The van der Waals surface area contributed by atoms with Crippen molar-refractivity contribution in [3.8, 4) is 11.1 Å². The van der Waals surface area contributed by atoms with Crippen molar-refractivity contribution in [1.82, 2.24) is 14.9 Å². The average molecular weight is 321 g/mol. The molecule has 1 aromatic carbocycles. The third kappa shape index (κ3) is 3.19. The molecule has 4 heteroatoms. The molecule has 3 nitrogen and oxygen atoms in total. The minimum atomic E-state index is 0.869. The standard InChI is InChI=1S/C19H19N3S/c1-14-20-10-16-7-8-22(12-19(16)21-14)11-18-9-17(13-23-18)15-5-3-2-4-6-15/h2-6,9-10,13H,7-8,11-12H2,1H3. The number of thiophene rings is 1. The highest BCUT2D eigenvalue weighted by molar-refractivity contribution is 7.10. The number of fused-ring (bicyclic) bond motifs is 1. The van der Waals surface area contributed by atoms with Gasteiger partial charge < -0.3 is 0 Å². The molecule has 0 saturated carbocycles. The lowest BCUT2D eigenvalue weighted by Gasteiger charge is -2.27. The molecule has 0 atom stereocenters. The van der Waals surface area contributed by atoms with Crippen molar-refractivity contribution in [2.45, 2.75) is 26.4 Å². The SMILES string of the molecule is Cc1ncc2c(n1)CN(Cc1cc(-c3ccccc3)cs1)CC2.